The molecule has 0 aliphatic carbocycles. The quantitative estimate of drug-likeness (QED) is 0.695. The van der Waals surface area contributed by atoms with E-state index in [9.17, 15) is 22.8 Å². The van der Waals surface area contributed by atoms with E-state index in [1.54, 1.807) is 12.1 Å². The Bertz CT molecular complexity index is 741. The third kappa shape index (κ3) is 6.17. The Morgan fingerprint density at radius 3 is 2.28 bits per heavy atom. The Morgan fingerprint density at radius 1 is 1.04 bits per heavy atom. The van der Waals surface area contributed by atoms with E-state index in [1.807, 2.05) is 0 Å². The molecule has 0 fully saturated rings. The van der Waals surface area contributed by atoms with Gasteiger partial charge in [0.15, 0.2) is 5.78 Å². The minimum absolute atomic E-state index is 0.0569. The standard InChI is InChI=1S/C17H15ClF3NO2S/c18-15-7-6-14(25-15)13(23)5-8-16(24)22-10-9-11-1-3-12(4-2-11)17(19,20)21/h1-4,6-7H,5,8-10H2,(H,22,24). The summed E-state index contributed by atoms with van der Waals surface area (Å²) in [4.78, 5) is 24.1. The highest BCUT2D eigenvalue weighted by Gasteiger charge is 2.29. The van der Waals surface area contributed by atoms with Crippen LogP contribution in [0.1, 0.15) is 33.6 Å². The Kier molecular flexibility index (Phi) is 6.61. The highest BCUT2D eigenvalue weighted by Crippen LogP contribution is 2.29. The zero-order valence-corrected chi connectivity index (χ0v) is 14.6. The summed E-state index contributed by atoms with van der Waals surface area (Å²) in [6, 6.07) is 8.06. The van der Waals surface area contributed by atoms with E-state index in [0.717, 1.165) is 12.1 Å². The van der Waals surface area contributed by atoms with Gasteiger partial charge in [0.1, 0.15) is 0 Å². The Morgan fingerprint density at radius 2 is 1.72 bits per heavy atom. The van der Waals surface area contributed by atoms with E-state index in [4.69, 9.17) is 11.6 Å². The summed E-state index contributed by atoms with van der Waals surface area (Å²) in [5.74, 6) is -0.419. The van der Waals surface area contributed by atoms with E-state index in [0.29, 0.717) is 27.7 Å². The molecule has 1 heterocycles. The van der Waals surface area contributed by atoms with Crippen molar-refractivity contribution in [3.63, 3.8) is 0 Å². The highest BCUT2D eigenvalue weighted by atomic mass is 35.5. The summed E-state index contributed by atoms with van der Waals surface area (Å²) in [6.45, 7) is 0.295. The molecule has 1 N–H and O–H groups in total. The van der Waals surface area contributed by atoms with Crippen LogP contribution in [-0.2, 0) is 17.4 Å². The number of Topliss-reactive ketones (excluding diaryl/α,β-unsaturated/α-hetero) is 1. The fourth-order valence-electron chi connectivity index (χ4n) is 2.11. The second kappa shape index (κ2) is 8.49. The van der Waals surface area contributed by atoms with Gasteiger partial charge in [0.05, 0.1) is 14.8 Å². The zero-order chi connectivity index (χ0) is 18.4. The van der Waals surface area contributed by atoms with Gasteiger partial charge in [0.2, 0.25) is 5.91 Å². The Hall–Kier alpha value is -1.86. The molecule has 0 unspecified atom stereocenters. The van der Waals surface area contributed by atoms with Gasteiger partial charge in [0, 0.05) is 19.4 Å². The molecule has 1 aromatic heterocycles. The molecule has 1 amide bonds. The van der Waals surface area contributed by atoms with Crippen molar-refractivity contribution in [2.45, 2.75) is 25.4 Å². The number of carbonyl (C=O) groups excluding carboxylic acids is 2. The average molecular weight is 390 g/mol. The Balaban J connectivity index is 1.71. The van der Waals surface area contributed by atoms with E-state index >= 15 is 0 Å². The first-order valence-corrected chi connectivity index (χ1v) is 8.66. The second-order valence-electron chi connectivity index (χ2n) is 5.32. The maximum absolute atomic E-state index is 12.5. The van der Waals surface area contributed by atoms with Crippen molar-refractivity contribution < 1.29 is 22.8 Å². The lowest BCUT2D eigenvalue weighted by molar-refractivity contribution is -0.137. The number of halogens is 4. The van der Waals surface area contributed by atoms with Crippen molar-refractivity contribution in [1.29, 1.82) is 0 Å². The summed E-state index contributed by atoms with van der Waals surface area (Å²) in [5.41, 5.74) is -0.00918. The summed E-state index contributed by atoms with van der Waals surface area (Å²) >= 11 is 6.92. The first kappa shape index (κ1) is 19.5. The molecule has 0 bridgehead atoms. The molecule has 3 nitrogen and oxygen atoms in total. The number of thiophene rings is 1. The molecule has 8 heteroatoms. The van der Waals surface area contributed by atoms with Crippen LogP contribution < -0.4 is 5.32 Å². The molecule has 0 aliphatic heterocycles. The fourth-order valence-corrected chi connectivity index (χ4v) is 3.12. The van der Waals surface area contributed by atoms with Gasteiger partial charge in [-0.2, -0.15) is 13.2 Å². The lowest BCUT2D eigenvalue weighted by Crippen LogP contribution is -2.26. The van der Waals surface area contributed by atoms with Crippen molar-refractivity contribution in [3.8, 4) is 0 Å². The number of amides is 1. The molecular formula is C17H15ClF3NO2S. The molecule has 0 saturated carbocycles. The molecule has 2 aromatic rings. The molecule has 0 spiro atoms. The van der Waals surface area contributed by atoms with Crippen LogP contribution in [-0.4, -0.2) is 18.2 Å². The smallest absolute Gasteiger partial charge is 0.356 e. The van der Waals surface area contributed by atoms with Crippen LogP contribution in [0.3, 0.4) is 0 Å². The second-order valence-corrected chi connectivity index (χ2v) is 7.04. The average Bonchev–Trinajstić information content (AvgIpc) is 2.99. The normalized spacial score (nSPS) is 11.4. The number of rotatable bonds is 7. The van der Waals surface area contributed by atoms with Gasteiger partial charge in [-0.3, -0.25) is 9.59 Å². The van der Waals surface area contributed by atoms with Crippen LogP contribution in [0.2, 0.25) is 4.34 Å². The minimum Gasteiger partial charge on any atom is -0.356 e. The van der Waals surface area contributed by atoms with Crippen LogP contribution in [0.5, 0.6) is 0 Å². The Labute approximate surface area is 151 Å². The molecule has 0 aliphatic rings. The molecule has 0 atom stereocenters. The van der Waals surface area contributed by atoms with Crippen LogP contribution in [0.4, 0.5) is 13.2 Å². The van der Waals surface area contributed by atoms with Crippen molar-refractivity contribution >= 4 is 34.6 Å². The van der Waals surface area contributed by atoms with Crippen molar-refractivity contribution in [3.05, 3.63) is 56.7 Å². The van der Waals surface area contributed by atoms with Crippen LogP contribution in [0, 0.1) is 0 Å². The molecule has 0 saturated heterocycles. The molecule has 134 valence electrons. The molecule has 0 radical (unpaired) electrons. The van der Waals surface area contributed by atoms with Crippen molar-refractivity contribution in [2.24, 2.45) is 0 Å². The third-order valence-corrected chi connectivity index (χ3v) is 4.72. The SMILES string of the molecule is O=C(CCC(=O)c1ccc(Cl)s1)NCCc1ccc(C(F)(F)F)cc1. The maximum Gasteiger partial charge on any atom is 0.416 e. The van der Waals surface area contributed by atoms with E-state index < -0.39 is 11.7 Å². The van der Waals surface area contributed by atoms with Crippen LogP contribution in [0.15, 0.2) is 36.4 Å². The van der Waals surface area contributed by atoms with Gasteiger partial charge >= 0.3 is 6.18 Å². The summed E-state index contributed by atoms with van der Waals surface area (Å²) in [7, 11) is 0. The number of ketones is 1. The van der Waals surface area contributed by atoms with Crippen molar-refractivity contribution in [1.82, 2.24) is 5.32 Å². The number of benzene rings is 1. The van der Waals surface area contributed by atoms with Gasteiger partial charge in [-0.05, 0) is 36.2 Å². The third-order valence-electron chi connectivity index (χ3n) is 3.44. The fraction of sp³-hybridized carbons (Fsp3) is 0.294. The van der Waals surface area contributed by atoms with E-state index in [-0.39, 0.29) is 24.5 Å². The van der Waals surface area contributed by atoms with Crippen LogP contribution >= 0.6 is 22.9 Å². The number of hydrogen-bond acceptors (Lipinski definition) is 3. The first-order valence-electron chi connectivity index (χ1n) is 7.47. The summed E-state index contributed by atoms with van der Waals surface area (Å²) < 4.78 is 37.9. The summed E-state index contributed by atoms with van der Waals surface area (Å²) in [5, 5.41) is 2.65. The molecule has 25 heavy (non-hydrogen) atoms. The maximum atomic E-state index is 12.5. The van der Waals surface area contributed by atoms with E-state index in [2.05, 4.69) is 5.32 Å². The predicted molar refractivity (Wildman–Crippen MR) is 91.1 cm³/mol. The van der Waals surface area contributed by atoms with Gasteiger partial charge < -0.3 is 5.32 Å². The highest BCUT2D eigenvalue weighted by molar-refractivity contribution is 7.18. The van der Waals surface area contributed by atoms with Gasteiger partial charge in [0.25, 0.3) is 0 Å². The van der Waals surface area contributed by atoms with Crippen molar-refractivity contribution in [2.75, 3.05) is 6.54 Å². The largest absolute Gasteiger partial charge is 0.416 e. The van der Waals surface area contributed by atoms with Gasteiger partial charge in [-0.1, -0.05) is 23.7 Å². The monoisotopic (exact) mass is 389 g/mol. The van der Waals surface area contributed by atoms with Gasteiger partial charge in [-0.25, -0.2) is 0 Å². The number of carbonyl (C=O) groups is 2. The molecular weight excluding hydrogens is 375 g/mol. The first-order chi connectivity index (χ1) is 11.8. The minimum atomic E-state index is -4.36. The van der Waals surface area contributed by atoms with E-state index in [1.165, 1.54) is 23.5 Å². The van der Waals surface area contributed by atoms with Gasteiger partial charge in [-0.15, -0.1) is 11.3 Å². The summed E-state index contributed by atoms with van der Waals surface area (Å²) in [6.07, 6.45) is -3.80. The lowest BCUT2D eigenvalue weighted by Gasteiger charge is -2.08. The van der Waals surface area contributed by atoms with Crippen LogP contribution in [0.25, 0.3) is 0 Å². The zero-order valence-electron chi connectivity index (χ0n) is 13.0. The topological polar surface area (TPSA) is 46.2 Å². The molecule has 1 aromatic carbocycles. The predicted octanol–water partition coefficient (Wildman–Crippen LogP) is 4.74. The lowest BCUT2D eigenvalue weighted by atomic mass is 10.1. The molecule has 2 rings (SSSR count). The number of alkyl halides is 3. The number of hydrogen-bond donors (Lipinski definition) is 1. The number of nitrogens with one attached hydrogen (secondary N) is 1.